The van der Waals surface area contributed by atoms with Crippen LogP contribution in [0.25, 0.3) is 0 Å². The van der Waals surface area contributed by atoms with Crippen molar-refractivity contribution < 1.29 is 0 Å². The molecular formula is C16H29N3. The topological polar surface area (TPSA) is 28.2 Å². The molecule has 3 nitrogen and oxygen atoms in total. The predicted octanol–water partition coefficient (Wildman–Crippen LogP) is 3.37. The van der Waals surface area contributed by atoms with Crippen LogP contribution in [0.15, 0.2) is 12.1 Å². The van der Waals surface area contributed by atoms with Crippen molar-refractivity contribution >= 4 is 5.82 Å². The summed E-state index contributed by atoms with van der Waals surface area (Å²) in [5.74, 6) is 1.75. The van der Waals surface area contributed by atoms with Crippen molar-refractivity contribution in [1.82, 2.24) is 10.3 Å². The van der Waals surface area contributed by atoms with Crippen LogP contribution in [0.2, 0.25) is 0 Å². The molecule has 0 aliphatic rings. The van der Waals surface area contributed by atoms with E-state index in [0.29, 0.717) is 12.0 Å². The second kappa shape index (κ2) is 7.49. The highest BCUT2D eigenvalue weighted by Gasteiger charge is 2.10. The van der Waals surface area contributed by atoms with Gasteiger partial charge in [0.2, 0.25) is 0 Å². The van der Waals surface area contributed by atoms with Crippen LogP contribution in [-0.4, -0.2) is 24.6 Å². The normalized spacial score (nSPS) is 12.8. The zero-order valence-electron chi connectivity index (χ0n) is 13.3. The number of aryl methyl sites for hydroxylation is 1. The van der Waals surface area contributed by atoms with Gasteiger partial charge in [0.15, 0.2) is 0 Å². The standard InChI is InChI=1S/C16H29N3/c1-7-13(4)19(6)16-9-8-15(14(5)18-16)11-17-10-12(2)3/h8-9,12-13,17H,7,10-11H2,1-6H3. The maximum Gasteiger partial charge on any atom is 0.128 e. The number of nitrogens with zero attached hydrogens (tertiary/aromatic N) is 2. The number of aromatic nitrogens is 1. The molecule has 0 fully saturated rings. The molecule has 3 heteroatoms. The fourth-order valence-electron chi connectivity index (χ4n) is 1.96. The Labute approximate surface area is 118 Å². The van der Waals surface area contributed by atoms with Crippen molar-refractivity contribution in [1.29, 1.82) is 0 Å². The van der Waals surface area contributed by atoms with Gasteiger partial charge in [-0.3, -0.25) is 0 Å². The predicted molar refractivity (Wildman–Crippen MR) is 83.7 cm³/mol. The molecule has 0 saturated heterocycles. The first-order chi connectivity index (χ1) is 8.95. The van der Waals surface area contributed by atoms with Crippen molar-refractivity contribution in [3.05, 3.63) is 23.4 Å². The Balaban J connectivity index is 2.69. The molecule has 0 aromatic carbocycles. The van der Waals surface area contributed by atoms with E-state index < -0.39 is 0 Å². The van der Waals surface area contributed by atoms with Gasteiger partial charge in [0.05, 0.1) is 0 Å². The first-order valence-electron chi connectivity index (χ1n) is 7.35. The van der Waals surface area contributed by atoms with E-state index in [4.69, 9.17) is 4.98 Å². The van der Waals surface area contributed by atoms with Crippen LogP contribution in [0.1, 0.15) is 45.4 Å². The van der Waals surface area contributed by atoms with Crippen LogP contribution in [-0.2, 0) is 6.54 Å². The fraction of sp³-hybridized carbons (Fsp3) is 0.688. The first kappa shape index (κ1) is 16.0. The van der Waals surface area contributed by atoms with Gasteiger partial charge in [-0.25, -0.2) is 4.98 Å². The van der Waals surface area contributed by atoms with Crippen LogP contribution in [0.3, 0.4) is 0 Å². The van der Waals surface area contributed by atoms with Crippen molar-refractivity contribution in [2.24, 2.45) is 5.92 Å². The Hall–Kier alpha value is -1.09. The SMILES string of the molecule is CCC(C)N(C)c1ccc(CNCC(C)C)c(C)n1. The molecule has 108 valence electrons. The molecule has 0 saturated carbocycles. The molecule has 1 N–H and O–H groups in total. The summed E-state index contributed by atoms with van der Waals surface area (Å²) in [7, 11) is 2.12. The quantitative estimate of drug-likeness (QED) is 0.817. The Morgan fingerprint density at radius 1 is 1.26 bits per heavy atom. The average Bonchev–Trinajstić information content (AvgIpc) is 2.38. The number of anilines is 1. The van der Waals surface area contributed by atoms with E-state index in [9.17, 15) is 0 Å². The summed E-state index contributed by atoms with van der Waals surface area (Å²) in [6.07, 6.45) is 1.13. The van der Waals surface area contributed by atoms with Gasteiger partial charge in [-0.1, -0.05) is 26.8 Å². The summed E-state index contributed by atoms with van der Waals surface area (Å²) in [6.45, 7) is 12.9. The molecule has 0 aliphatic heterocycles. The zero-order valence-corrected chi connectivity index (χ0v) is 13.3. The maximum absolute atomic E-state index is 4.73. The van der Waals surface area contributed by atoms with Crippen LogP contribution < -0.4 is 10.2 Å². The third-order valence-electron chi connectivity index (χ3n) is 3.66. The highest BCUT2D eigenvalue weighted by molar-refractivity contribution is 5.41. The van der Waals surface area contributed by atoms with Crippen LogP contribution in [0, 0.1) is 12.8 Å². The minimum Gasteiger partial charge on any atom is -0.357 e. The van der Waals surface area contributed by atoms with E-state index in [2.05, 4.69) is 64.0 Å². The highest BCUT2D eigenvalue weighted by Crippen LogP contribution is 2.16. The van der Waals surface area contributed by atoms with Crippen LogP contribution in [0.4, 0.5) is 5.82 Å². The van der Waals surface area contributed by atoms with E-state index in [1.54, 1.807) is 0 Å². The van der Waals surface area contributed by atoms with E-state index in [1.807, 2.05) is 0 Å². The second-order valence-corrected chi connectivity index (χ2v) is 5.81. The van der Waals surface area contributed by atoms with E-state index in [-0.39, 0.29) is 0 Å². The number of rotatable bonds is 7. The Kier molecular flexibility index (Phi) is 6.29. The van der Waals surface area contributed by atoms with Gasteiger partial charge in [-0.05, 0) is 44.4 Å². The van der Waals surface area contributed by atoms with E-state index >= 15 is 0 Å². The lowest BCUT2D eigenvalue weighted by Crippen LogP contribution is -2.29. The fourth-order valence-corrected chi connectivity index (χ4v) is 1.96. The van der Waals surface area contributed by atoms with Gasteiger partial charge in [0, 0.05) is 25.3 Å². The van der Waals surface area contributed by atoms with Gasteiger partial charge in [0.1, 0.15) is 5.82 Å². The monoisotopic (exact) mass is 263 g/mol. The van der Waals surface area contributed by atoms with Gasteiger partial charge < -0.3 is 10.2 Å². The smallest absolute Gasteiger partial charge is 0.128 e. The van der Waals surface area contributed by atoms with Crippen LogP contribution in [0.5, 0.6) is 0 Å². The molecule has 0 aliphatic carbocycles. The van der Waals surface area contributed by atoms with E-state index in [1.165, 1.54) is 5.56 Å². The molecule has 1 rings (SSSR count). The average molecular weight is 263 g/mol. The van der Waals surface area contributed by atoms with Gasteiger partial charge in [-0.2, -0.15) is 0 Å². The minimum atomic E-state index is 0.525. The van der Waals surface area contributed by atoms with Gasteiger partial charge in [-0.15, -0.1) is 0 Å². The highest BCUT2D eigenvalue weighted by atomic mass is 15.2. The summed E-state index contributed by atoms with van der Waals surface area (Å²) < 4.78 is 0. The minimum absolute atomic E-state index is 0.525. The Bertz CT molecular complexity index is 388. The molecular weight excluding hydrogens is 234 g/mol. The molecule has 1 atom stereocenters. The van der Waals surface area contributed by atoms with E-state index in [0.717, 1.165) is 31.0 Å². The van der Waals surface area contributed by atoms with Gasteiger partial charge >= 0.3 is 0 Å². The lowest BCUT2D eigenvalue weighted by Gasteiger charge is -2.25. The lowest BCUT2D eigenvalue weighted by molar-refractivity contribution is 0.550. The number of pyridine rings is 1. The summed E-state index contributed by atoms with van der Waals surface area (Å²) in [5, 5.41) is 3.47. The largest absolute Gasteiger partial charge is 0.357 e. The first-order valence-corrected chi connectivity index (χ1v) is 7.35. The Morgan fingerprint density at radius 3 is 2.47 bits per heavy atom. The summed E-state index contributed by atoms with van der Waals surface area (Å²) in [5.41, 5.74) is 2.42. The summed E-state index contributed by atoms with van der Waals surface area (Å²) >= 11 is 0. The van der Waals surface area contributed by atoms with Crippen molar-refractivity contribution in [2.45, 2.75) is 53.6 Å². The molecule has 0 bridgehead atoms. The maximum atomic E-state index is 4.73. The van der Waals surface area contributed by atoms with Crippen molar-refractivity contribution in [3.8, 4) is 0 Å². The van der Waals surface area contributed by atoms with Gasteiger partial charge in [0.25, 0.3) is 0 Å². The third-order valence-corrected chi connectivity index (χ3v) is 3.66. The molecule has 0 radical (unpaired) electrons. The molecule has 1 aromatic rings. The zero-order chi connectivity index (χ0) is 14.4. The number of nitrogens with one attached hydrogen (secondary N) is 1. The summed E-state index contributed by atoms with van der Waals surface area (Å²) in [4.78, 5) is 6.97. The second-order valence-electron chi connectivity index (χ2n) is 5.81. The van der Waals surface area contributed by atoms with Crippen molar-refractivity contribution in [3.63, 3.8) is 0 Å². The third kappa shape index (κ3) is 4.83. The number of hydrogen-bond donors (Lipinski definition) is 1. The lowest BCUT2D eigenvalue weighted by atomic mass is 10.1. The summed E-state index contributed by atoms with van der Waals surface area (Å²) in [6, 6.07) is 4.85. The molecule has 1 heterocycles. The van der Waals surface area contributed by atoms with Crippen molar-refractivity contribution in [2.75, 3.05) is 18.5 Å². The Morgan fingerprint density at radius 2 is 1.95 bits per heavy atom. The molecule has 0 amide bonds. The molecule has 19 heavy (non-hydrogen) atoms. The molecule has 1 unspecified atom stereocenters. The van der Waals surface area contributed by atoms with Crippen LogP contribution >= 0.6 is 0 Å². The number of hydrogen-bond acceptors (Lipinski definition) is 3. The molecule has 1 aromatic heterocycles. The molecule has 0 spiro atoms.